The molecule has 42 heavy (non-hydrogen) atoms. The molecule has 0 unspecified atom stereocenters. The number of methoxy groups -OCH3 is 2. The highest BCUT2D eigenvalue weighted by Crippen LogP contribution is 2.40. The second-order valence-electron chi connectivity index (χ2n) is 11.1. The molecule has 1 aliphatic carbocycles. The lowest BCUT2D eigenvalue weighted by Gasteiger charge is -2.43. The first-order valence-electron chi connectivity index (χ1n) is 14.5. The standard InChI is InChI=1S/C31H37FN4O6/c1-41-26-12-9-20(18-27(26)42-2)28-23-5-3-4-6-24(23)29(37)36(34-28)22-13-15-35(16-14-22)30(38)25(33-31(39)40)17-19-7-10-21(32)11-8-19/h7-12,18,22-25,33H,3-6,13-17H2,1-2H3,(H,39,40)/t23-,24+,25+/m0/s1. The third kappa shape index (κ3) is 6.19. The van der Waals surface area contributed by atoms with Gasteiger partial charge in [-0.05, 0) is 61.6 Å². The summed E-state index contributed by atoms with van der Waals surface area (Å²) in [6.07, 6.45) is 3.61. The van der Waals surface area contributed by atoms with Crippen molar-refractivity contribution in [1.29, 1.82) is 0 Å². The molecule has 10 nitrogen and oxygen atoms in total. The van der Waals surface area contributed by atoms with Crippen LogP contribution in [0.1, 0.15) is 49.7 Å². The number of carbonyl (C=O) groups is 3. The molecule has 2 N–H and O–H groups in total. The normalized spacial score (nSPS) is 21.7. The minimum Gasteiger partial charge on any atom is -0.493 e. The summed E-state index contributed by atoms with van der Waals surface area (Å²) >= 11 is 0. The van der Waals surface area contributed by atoms with Crippen LogP contribution >= 0.6 is 0 Å². The molecular formula is C31H37FN4O6. The summed E-state index contributed by atoms with van der Waals surface area (Å²) in [5.74, 6) is 0.417. The Labute approximate surface area is 244 Å². The zero-order valence-corrected chi connectivity index (χ0v) is 23.9. The zero-order valence-electron chi connectivity index (χ0n) is 23.9. The van der Waals surface area contributed by atoms with Crippen molar-refractivity contribution in [2.24, 2.45) is 16.9 Å². The lowest BCUT2D eigenvalue weighted by molar-refractivity contribution is -0.143. The van der Waals surface area contributed by atoms with Crippen molar-refractivity contribution in [3.8, 4) is 11.5 Å². The van der Waals surface area contributed by atoms with E-state index in [1.807, 2.05) is 18.2 Å². The van der Waals surface area contributed by atoms with Gasteiger partial charge >= 0.3 is 6.09 Å². The Morgan fingerprint density at radius 3 is 2.31 bits per heavy atom. The van der Waals surface area contributed by atoms with E-state index in [1.165, 1.54) is 12.1 Å². The lowest BCUT2D eigenvalue weighted by atomic mass is 9.73. The SMILES string of the molecule is COc1ccc(C2=NN(C3CCN(C(=O)[C@@H](Cc4ccc(F)cc4)NC(=O)O)CC3)C(=O)[C@@H]3CCCC[C@H]23)cc1OC. The van der Waals surface area contributed by atoms with Crippen LogP contribution in [-0.4, -0.2) is 78.0 Å². The second kappa shape index (κ2) is 12.8. The minimum atomic E-state index is -1.30. The third-order valence-corrected chi connectivity index (χ3v) is 8.63. The molecule has 2 aliphatic heterocycles. The van der Waals surface area contributed by atoms with E-state index in [9.17, 15) is 23.9 Å². The van der Waals surface area contributed by atoms with E-state index in [0.717, 1.165) is 37.0 Å². The number of nitrogens with one attached hydrogen (secondary N) is 1. The van der Waals surface area contributed by atoms with Crippen molar-refractivity contribution in [2.75, 3.05) is 27.3 Å². The predicted molar refractivity (Wildman–Crippen MR) is 153 cm³/mol. The van der Waals surface area contributed by atoms with Crippen molar-refractivity contribution in [3.63, 3.8) is 0 Å². The number of hydrazone groups is 1. The molecule has 5 rings (SSSR count). The highest BCUT2D eigenvalue weighted by atomic mass is 19.1. The molecule has 2 aromatic rings. The van der Waals surface area contributed by atoms with Crippen LogP contribution in [0.15, 0.2) is 47.6 Å². The van der Waals surface area contributed by atoms with Gasteiger partial charge in [-0.25, -0.2) is 14.2 Å². The zero-order chi connectivity index (χ0) is 29.8. The number of hydrogen-bond donors (Lipinski definition) is 2. The molecule has 3 amide bonds. The van der Waals surface area contributed by atoms with Gasteiger partial charge in [0.1, 0.15) is 11.9 Å². The summed E-state index contributed by atoms with van der Waals surface area (Å²) in [5.41, 5.74) is 2.43. The molecule has 0 aromatic heterocycles. The smallest absolute Gasteiger partial charge is 0.405 e. The van der Waals surface area contributed by atoms with Gasteiger partial charge in [-0.1, -0.05) is 25.0 Å². The molecule has 0 bridgehead atoms. The maximum Gasteiger partial charge on any atom is 0.405 e. The second-order valence-corrected chi connectivity index (χ2v) is 11.1. The highest BCUT2D eigenvalue weighted by molar-refractivity contribution is 6.07. The number of ether oxygens (including phenoxy) is 2. The maximum atomic E-state index is 13.7. The molecule has 1 saturated heterocycles. The molecule has 0 spiro atoms. The van der Waals surface area contributed by atoms with Crippen molar-refractivity contribution in [1.82, 2.24) is 15.2 Å². The van der Waals surface area contributed by atoms with Crippen LogP contribution in [0.3, 0.4) is 0 Å². The van der Waals surface area contributed by atoms with Crippen LogP contribution in [-0.2, 0) is 16.0 Å². The largest absolute Gasteiger partial charge is 0.493 e. The van der Waals surface area contributed by atoms with E-state index in [-0.39, 0.29) is 36.1 Å². The van der Waals surface area contributed by atoms with E-state index in [4.69, 9.17) is 14.6 Å². The van der Waals surface area contributed by atoms with E-state index in [1.54, 1.807) is 36.3 Å². The molecule has 2 aromatic carbocycles. The Hall–Kier alpha value is -4.15. The Morgan fingerprint density at radius 1 is 1.00 bits per heavy atom. The number of fused-ring (bicyclic) bond motifs is 1. The molecule has 3 aliphatic rings. The van der Waals surface area contributed by atoms with Crippen molar-refractivity contribution in [3.05, 3.63) is 59.4 Å². The monoisotopic (exact) mass is 580 g/mol. The van der Waals surface area contributed by atoms with Gasteiger partial charge in [0.2, 0.25) is 11.8 Å². The van der Waals surface area contributed by atoms with Crippen molar-refractivity contribution in [2.45, 2.75) is 57.0 Å². The first-order valence-corrected chi connectivity index (χ1v) is 14.5. The molecule has 3 atom stereocenters. The average molecular weight is 581 g/mol. The summed E-state index contributed by atoms with van der Waals surface area (Å²) in [5, 5.41) is 18.3. The lowest BCUT2D eigenvalue weighted by Crippen LogP contribution is -2.55. The Kier molecular flexibility index (Phi) is 8.94. The Bertz CT molecular complexity index is 1340. The van der Waals surface area contributed by atoms with Crippen molar-refractivity contribution >= 4 is 23.6 Å². The van der Waals surface area contributed by atoms with Gasteiger partial charge < -0.3 is 24.8 Å². The first-order chi connectivity index (χ1) is 20.3. The van der Waals surface area contributed by atoms with Crippen LogP contribution in [0.5, 0.6) is 11.5 Å². The summed E-state index contributed by atoms with van der Waals surface area (Å²) in [6, 6.07) is 10.2. The number of piperidine rings is 1. The average Bonchev–Trinajstić information content (AvgIpc) is 3.01. The number of carboxylic acid groups (broad SMARTS) is 1. The summed E-state index contributed by atoms with van der Waals surface area (Å²) in [7, 11) is 3.18. The van der Waals surface area contributed by atoms with E-state index in [2.05, 4.69) is 5.32 Å². The van der Waals surface area contributed by atoms with Gasteiger partial charge in [0, 0.05) is 36.9 Å². The van der Waals surface area contributed by atoms with Gasteiger partial charge in [0.05, 0.1) is 26.0 Å². The first kappa shape index (κ1) is 29.3. The highest BCUT2D eigenvalue weighted by Gasteiger charge is 2.44. The fraction of sp³-hybridized carbons (Fsp3) is 0.484. The molecule has 2 fully saturated rings. The molecule has 11 heteroatoms. The molecule has 0 radical (unpaired) electrons. The van der Waals surface area contributed by atoms with Crippen molar-refractivity contribution < 1.29 is 33.4 Å². The molecule has 224 valence electrons. The third-order valence-electron chi connectivity index (χ3n) is 8.63. The fourth-order valence-electron chi connectivity index (χ4n) is 6.45. The maximum absolute atomic E-state index is 13.7. The number of likely N-dealkylation sites (tertiary alicyclic amines) is 1. The Morgan fingerprint density at radius 2 is 1.67 bits per heavy atom. The van der Waals surface area contributed by atoms with Gasteiger partial charge in [-0.15, -0.1) is 0 Å². The summed E-state index contributed by atoms with van der Waals surface area (Å²) in [6.45, 7) is 0.730. The molecule has 1 saturated carbocycles. The van der Waals surface area contributed by atoms with Gasteiger partial charge in [0.15, 0.2) is 11.5 Å². The summed E-state index contributed by atoms with van der Waals surface area (Å²) < 4.78 is 24.3. The number of rotatable bonds is 8. The van der Waals surface area contributed by atoms with E-state index >= 15 is 0 Å². The van der Waals surface area contributed by atoms with E-state index in [0.29, 0.717) is 43.0 Å². The molecular weight excluding hydrogens is 543 g/mol. The number of benzene rings is 2. The summed E-state index contributed by atoms with van der Waals surface area (Å²) in [4.78, 5) is 40.2. The number of hydrogen-bond acceptors (Lipinski definition) is 6. The number of nitrogens with zero attached hydrogens (tertiary/aromatic N) is 3. The van der Waals surface area contributed by atoms with Gasteiger partial charge in [-0.3, -0.25) is 9.59 Å². The van der Waals surface area contributed by atoms with Crippen LogP contribution in [0, 0.1) is 17.7 Å². The van der Waals surface area contributed by atoms with Gasteiger partial charge in [0.25, 0.3) is 0 Å². The minimum absolute atomic E-state index is 0.0374. The number of amides is 3. The van der Waals surface area contributed by atoms with Crippen LogP contribution in [0.4, 0.5) is 9.18 Å². The topological polar surface area (TPSA) is 121 Å². The predicted octanol–water partition coefficient (Wildman–Crippen LogP) is 4.07. The Balaban J connectivity index is 1.33. The van der Waals surface area contributed by atoms with Crippen LogP contribution < -0.4 is 14.8 Å². The molecule has 2 heterocycles. The van der Waals surface area contributed by atoms with Gasteiger partial charge in [-0.2, -0.15) is 5.10 Å². The van der Waals surface area contributed by atoms with E-state index < -0.39 is 18.0 Å². The van der Waals surface area contributed by atoms with Crippen LogP contribution in [0.2, 0.25) is 0 Å². The van der Waals surface area contributed by atoms with Crippen LogP contribution in [0.25, 0.3) is 0 Å². The fourth-order valence-corrected chi connectivity index (χ4v) is 6.45. The quantitative estimate of drug-likeness (QED) is 0.486. The number of carbonyl (C=O) groups excluding carboxylic acids is 2. The number of halogens is 1.